The monoisotopic (exact) mass is 196 g/mol. The van der Waals surface area contributed by atoms with Crippen LogP contribution < -0.4 is 0 Å². The SMILES string of the molecule is CCC(CC)C(O)C(F)(F)C(=O)O. The minimum atomic E-state index is -4.04. The van der Waals surface area contributed by atoms with Crippen LogP contribution in [0.3, 0.4) is 0 Å². The number of aliphatic hydroxyl groups is 1. The van der Waals surface area contributed by atoms with E-state index >= 15 is 0 Å². The summed E-state index contributed by atoms with van der Waals surface area (Å²) in [6.07, 6.45) is -1.43. The van der Waals surface area contributed by atoms with E-state index in [0.29, 0.717) is 12.8 Å². The van der Waals surface area contributed by atoms with Crippen LogP contribution in [-0.2, 0) is 4.79 Å². The number of carbonyl (C=O) groups is 1. The summed E-state index contributed by atoms with van der Waals surface area (Å²) in [5.41, 5.74) is 0. The highest BCUT2D eigenvalue weighted by Gasteiger charge is 2.49. The van der Waals surface area contributed by atoms with Crippen LogP contribution in [-0.4, -0.2) is 28.2 Å². The van der Waals surface area contributed by atoms with E-state index in [9.17, 15) is 13.6 Å². The first-order chi connectivity index (χ1) is 5.87. The number of carboxylic acid groups (broad SMARTS) is 1. The van der Waals surface area contributed by atoms with Gasteiger partial charge in [-0.1, -0.05) is 26.7 Å². The zero-order valence-corrected chi connectivity index (χ0v) is 7.63. The molecule has 0 heterocycles. The van der Waals surface area contributed by atoms with Gasteiger partial charge in [0.2, 0.25) is 0 Å². The van der Waals surface area contributed by atoms with Crippen LogP contribution in [0.2, 0.25) is 0 Å². The van der Waals surface area contributed by atoms with Crippen molar-refractivity contribution < 1.29 is 23.8 Å². The van der Waals surface area contributed by atoms with E-state index in [-0.39, 0.29) is 0 Å². The van der Waals surface area contributed by atoms with E-state index in [0.717, 1.165) is 0 Å². The molecule has 1 unspecified atom stereocenters. The lowest BCUT2D eigenvalue weighted by Crippen LogP contribution is -2.45. The van der Waals surface area contributed by atoms with E-state index in [1.54, 1.807) is 13.8 Å². The van der Waals surface area contributed by atoms with Gasteiger partial charge in [0.05, 0.1) is 0 Å². The Labute approximate surface area is 75.4 Å². The van der Waals surface area contributed by atoms with Crippen molar-refractivity contribution in [2.75, 3.05) is 0 Å². The van der Waals surface area contributed by atoms with Gasteiger partial charge < -0.3 is 10.2 Å². The smallest absolute Gasteiger partial charge is 0.377 e. The molecule has 0 aliphatic carbocycles. The second kappa shape index (κ2) is 4.50. The molecule has 0 saturated heterocycles. The molecule has 13 heavy (non-hydrogen) atoms. The Kier molecular flexibility index (Phi) is 4.26. The molecule has 3 nitrogen and oxygen atoms in total. The van der Waals surface area contributed by atoms with Crippen molar-refractivity contribution in [1.82, 2.24) is 0 Å². The first-order valence-electron chi connectivity index (χ1n) is 4.17. The molecular formula is C8H14F2O3. The summed E-state index contributed by atoms with van der Waals surface area (Å²) in [6.45, 7) is 3.27. The van der Waals surface area contributed by atoms with Gasteiger partial charge in [-0.3, -0.25) is 0 Å². The zero-order valence-electron chi connectivity index (χ0n) is 7.63. The summed E-state index contributed by atoms with van der Waals surface area (Å²) < 4.78 is 25.4. The van der Waals surface area contributed by atoms with Gasteiger partial charge in [-0.2, -0.15) is 8.78 Å². The normalized spacial score (nSPS) is 14.6. The second-order valence-electron chi connectivity index (χ2n) is 2.95. The Balaban J connectivity index is 4.55. The number of halogens is 2. The van der Waals surface area contributed by atoms with Gasteiger partial charge >= 0.3 is 11.9 Å². The van der Waals surface area contributed by atoms with Gasteiger partial charge in [-0.05, 0) is 5.92 Å². The van der Waals surface area contributed by atoms with E-state index in [1.807, 2.05) is 0 Å². The van der Waals surface area contributed by atoms with Gasteiger partial charge in [0.25, 0.3) is 0 Å². The fraction of sp³-hybridized carbons (Fsp3) is 0.875. The first-order valence-corrected chi connectivity index (χ1v) is 4.17. The lowest BCUT2D eigenvalue weighted by atomic mass is 9.92. The minimum Gasteiger partial charge on any atom is -0.477 e. The Morgan fingerprint density at radius 3 is 2.00 bits per heavy atom. The van der Waals surface area contributed by atoms with Gasteiger partial charge in [0.15, 0.2) is 0 Å². The van der Waals surface area contributed by atoms with Crippen LogP contribution in [0.4, 0.5) is 8.78 Å². The number of carboxylic acids is 1. The molecule has 0 spiro atoms. The maximum atomic E-state index is 12.7. The highest BCUT2D eigenvalue weighted by atomic mass is 19.3. The van der Waals surface area contributed by atoms with Crippen LogP contribution in [0.15, 0.2) is 0 Å². The first kappa shape index (κ1) is 12.3. The summed E-state index contributed by atoms with van der Waals surface area (Å²) in [6, 6.07) is 0. The average Bonchev–Trinajstić information content (AvgIpc) is 2.06. The van der Waals surface area contributed by atoms with Crippen molar-refractivity contribution >= 4 is 5.97 Å². The molecule has 0 radical (unpaired) electrons. The summed E-state index contributed by atoms with van der Waals surface area (Å²) in [5.74, 6) is -6.99. The average molecular weight is 196 g/mol. The molecule has 0 aliphatic heterocycles. The van der Waals surface area contributed by atoms with E-state index < -0.39 is 23.9 Å². The van der Waals surface area contributed by atoms with Crippen molar-refractivity contribution in [1.29, 1.82) is 0 Å². The number of hydrogen-bond acceptors (Lipinski definition) is 2. The minimum absolute atomic E-state index is 0.334. The molecule has 78 valence electrons. The molecule has 2 N–H and O–H groups in total. The van der Waals surface area contributed by atoms with Crippen molar-refractivity contribution in [2.24, 2.45) is 5.92 Å². The van der Waals surface area contributed by atoms with Gasteiger partial charge in [-0.15, -0.1) is 0 Å². The fourth-order valence-corrected chi connectivity index (χ4v) is 1.16. The molecule has 0 aromatic carbocycles. The van der Waals surface area contributed by atoms with Crippen LogP contribution in [0.1, 0.15) is 26.7 Å². The molecule has 0 saturated carbocycles. The van der Waals surface area contributed by atoms with Crippen molar-refractivity contribution in [3.63, 3.8) is 0 Å². The summed E-state index contributed by atoms with van der Waals surface area (Å²) in [4.78, 5) is 10.1. The molecule has 0 amide bonds. The van der Waals surface area contributed by atoms with E-state index in [1.165, 1.54) is 0 Å². The molecule has 0 fully saturated rings. The molecular weight excluding hydrogens is 182 g/mol. The Hall–Kier alpha value is -0.710. The lowest BCUT2D eigenvalue weighted by Gasteiger charge is -2.24. The van der Waals surface area contributed by atoms with Crippen LogP contribution >= 0.6 is 0 Å². The highest BCUT2D eigenvalue weighted by molar-refractivity contribution is 5.76. The maximum Gasteiger partial charge on any atom is 0.377 e. The highest BCUT2D eigenvalue weighted by Crippen LogP contribution is 2.28. The fourth-order valence-electron chi connectivity index (χ4n) is 1.16. The van der Waals surface area contributed by atoms with Crippen LogP contribution in [0.5, 0.6) is 0 Å². The van der Waals surface area contributed by atoms with Crippen LogP contribution in [0.25, 0.3) is 0 Å². The molecule has 0 aromatic rings. The molecule has 0 aliphatic rings. The number of rotatable bonds is 5. The van der Waals surface area contributed by atoms with Crippen molar-refractivity contribution in [3.8, 4) is 0 Å². The Morgan fingerprint density at radius 1 is 1.38 bits per heavy atom. The zero-order chi connectivity index (χ0) is 10.6. The number of alkyl halides is 2. The third-order valence-corrected chi connectivity index (χ3v) is 2.15. The third kappa shape index (κ3) is 2.62. The summed E-state index contributed by atoms with van der Waals surface area (Å²) in [5, 5.41) is 17.2. The maximum absolute atomic E-state index is 12.7. The Morgan fingerprint density at radius 2 is 1.77 bits per heavy atom. The lowest BCUT2D eigenvalue weighted by molar-refractivity contribution is -0.188. The predicted molar refractivity (Wildman–Crippen MR) is 42.7 cm³/mol. The van der Waals surface area contributed by atoms with Crippen LogP contribution in [0, 0.1) is 5.92 Å². The molecule has 0 bridgehead atoms. The number of aliphatic hydroxyl groups excluding tert-OH is 1. The Bertz CT molecular complexity index is 178. The molecule has 1 atom stereocenters. The standard InChI is InChI=1S/C8H14F2O3/c1-3-5(4-2)6(11)8(9,10)7(12)13/h5-6,11H,3-4H2,1-2H3,(H,12,13). The quantitative estimate of drug-likeness (QED) is 0.700. The third-order valence-electron chi connectivity index (χ3n) is 2.15. The van der Waals surface area contributed by atoms with Gasteiger partial charge in [-0.25, -0.2) is 4.79 Å². The van der Waals surface area contributed by atoms with E-state index in [2.05, 4.69) is 0 Å². The number of aliphatic carboxylic acids is 1. The second-order valence-corrected chi connectivity index (χ2v) is 2.95. The van der Waals surface area contributed by atoms with Gasteiger partial charge in [0, 0.05) is 0 Å². The molecule has 0 rings (SSSR count). The topological polar surface area (TPSA) is 57.5 Å². The molecule has 0 aromatic heterocycles. The summed E-state index contributed by atoms with van der Waals surface area (Å²) in [7, 11) is 0. The number of hydrogen-bond donors (Lipinski definition) is 2. The van der Waals surface area contributed by atoms with E-state index in [4.69, 9.17) is 10.2 Å². The summed E-state index contributed by atoms with van der Waals surface area (Å²) >= 11 is 0. The van der Waals surface area contributed by atoms with Gasteiger partial charge in [0.1, 0.15) is 6.10 Å². The van der Waals surface area contributed by atoms with Crippen molar-refractivity contribution in [2.45, 2.75) is 38.7 Å². The largest absolute Gasteiger partial charge is 0.477 e. The molecule has 5 heteroatoms. The van der Waals surface area contributed by atoms with Crippen molar-refractivity contribution in [3.05, 3.63) is 0 Å². The predicted octanol–water partition coefficient (Wildman–Crippen LogP) is 1.50.